The second-order valence-corrected chi connectivity index (χ2v) is 5.57. The van der Waals surface area contributed by atoms with Gasteiger partial charge >= 0.3 is 0 Å². The third kappa shape index (κ3) is 3.21. The second kappa shape index (κ2) is 6.61. The quantitative estimate of drug-likeness (QED) is 0.727. The van der Waals surface area contributed by atoms with Crippen LogP contribution in [0.3, 0.4) is 0 Å². The van der Waals surface area contributed by atoms with E-state index in [0.29, 0.717) is 6.61 Å². The summed E-state index contributed by atoms with van der Waals surface area (Å²) in [5, 5.41) is 8.78. The van der Waals surface area contributed by atoms with Gasteiger partial charge in [-0.15, -0.1) is 0 Å². The molecule has 2 aliphatic rings. The Morgan fingerprint density at radius 3 is 2.62 bits per heavy atom. The van der Waals surface area contributed by atoms with Crippen LogP contribution in [0.5, 0.6) is 0 Å². The van der Waals surface area contributed by atoms with Gasteiger partial charge in [0.05, 0.1) is 0 Å². The van der Waals surface area contributed by atoms with Gasteiger partial charge in [-0.2, -0.15) is 0 Å². The van der Waals surface area contributed by atoms with E-state index in [1.165, 1.54) is 64.5 Å². The summed E-state index contributed by atoms with van der Waals surface area (Å²) in [6.07, 6.45) is 12.2. The van der Waals surface area contributed by atoms with Crippen LogP contribution in [-0.2, 0) is 0 Å². The Morgan fingerprint density at radius 2 is 1.75 bits per heavy atom. The Kier molecular flexibility index (Phi) is 5.11. The van der Waals surface area contributed by atoms with Gasteiger partial charge in [-0.3, -0.25) is 0 Å². The highest BCUT2D eigenvalue weighted by atomic mass is 16.2. The van der Waals surface area contributed by atoms with E-state index < -0.39 is 0 Å². The molecule has 2 atom stereocenters. The molecule has 2 nitrogen and oxygen atoms in total. The van der Waals surface area contributed by atoms with Gasteiger partial charge in [-0.05, 0) is 64.0 Å². The number of hydrogen-bond donors (Lipinski definition) is 1. The van der Waals surface area contributed by atoms with E-state index >= 15 is 0 Å². The van der Waals surface area contributed by atoms with Crippen molar-refractivity contribution in [2.24, 2.45) is 5.92 Å². The smallest absolute Gasteiger partial charge is 0.0431 e. The van der Waals surface area contributed by atoms with Gasteiger partial charge in [0.15, 0.2) is 0 Å². The molecule has 1 aliphatic heterocycles. The average molecular weight is 225 g/mol. The molecule has 1 saturated carbocycles. The molecule has 1 heterocycles. The van der Waals surface area contributed by atoms with Gasteiger partial charge in [0.2, 0.25) is 0 Å². The minimum absolute atomic E-state index is 0.367. The Bertz CT molecular complexity index is 193. The topological polar surface area (TPSA) is 23.5 Å². The number of hydrogen-bond acceptors (Lipinski definition) is 2. The largest absolute Gasteiger partial charge is 0.396 e. The minimum atomic E-state index is 0.367. The zero-order chi connectivity index (χ0) is 11.2. The zero-order valence-electron chi connectivity index (χ0n) is 10.5. The van der Waals surface area contributed by atoms with Crippen molar-refractivity contribution in [2.45, 2.75) is 63.8 Å². The van der Waals surface area contributed by atoms with Crippen molar-refractivity contribution in [1.82, 2.24) is 4.90 Å². The summed E-state index contributed by atoms with van der Waals surface area (Å²) in [5.74, 6) is 1.01. The van der Waals surface area contributed by atoms with Gasteiger partial charge in [0.1, 0.15) is 0 Å². The first-order chi connectivity index (χ1) is 7.92. The SMILES string of the molecule is OCCCCCN1CCCC2CCCCC21. The van der Waals surface area contributed by atoms with Gasteiger partial charge in [-0.1, -0.05) is 12.8 Å². The van der Waals surface area contributed by atoms with E-state index in [1.807, 2.05) is 0 Å². The zero-order valence-corrected chi connectivity index (χ0v) is 10.5. The molecule has 1 saturated heterocycles. The van der Waals surface area contributed by atoms with Crippen LogP contribution in [0.25, 0.3) is 0 Å². The van der Waals surface area contributed by atoms with Crippen LogP contribution in [0.1, 0.15) is 57.8 Å². The highest BCUT2D eigenvalue weighted by Gasteiger charge is 2.32. The lowest BCUT2D eigenvalue weighted by atomic mass is 9.78. The number of rotatable bonds is 5. The maximum atomic E-state index is 8.78. The molecule has 0 spiro atoms. The summed E-state index contributed by atoms with van der Waals surface area (Å²) < 4.78 is 0. The van der Waals surface area contributed by atoms with Crippen LogP contribution in [-0.4, -0.2) is 35.7 Å². The number of fused-ring (bicyclic) bond motifs is 1. The summed E-state index contributed by atoms with van der Waals surface area (Å²) >= 11 is 0. The number of aliphatic hydroxyl groups is 1. The average Bonchev–Trinajstić information content (AvgIpc) is 2.35. The number of aliphatic hydroxyl groups excluding tert-OH is 1. The van der Waals surface area contributed by atoms with Crippen molar-refractivity contribution in [3.63, 3.8) is 0 Å². The lowest BCUT2D eigenvalue weighted by Crippen LogP contribution is -2.47. The fourth-order valence-electron chi connectivity index (χ4n) is 3.61. The van der Waals surface area contributed by atoms with E-state index in [2.05, 4.69) is 4.90 Å². The molecule has 0 aromatic rings. The van der Waals surface area contributed by atoms with Crippen LogP contribution < -0.4 is 0 Å². The Labute approximate surface area is 100 Å². The predicted octanol–water partition coefficient (Wildman–Crippen LogP) is 2.80. The molecular formula is C14H27NO. The van der Waals surface area contributed by atoms with E-state index in [1.54, 1.807) is 0 Å². The maximum Gasteiger partial charge on any atom is 0.0431 e. The number of likely N-dealkylation sites (tertiary alicyclic amines) is 1. The molecule has 0 amide bonds. The summed E-state index contributed by atoms with van der Waals surface area (Å²) in [6, 6.07) is 0.914. The van der Waals surface area contributed by atoms with Gasteiger partial charge < -0.3 is 10.0 Å². The molecule has 2 heteroatoms. The van der Waals surface area contributed by atoms with Crippen LogP contribution >= 0.6 is 0 Å². The molecule has 0 aromatic heterocycles. The lowest BCUT2D eigenvalue weighted by molar-refractivity contribution is 0.0592. The summed E-state index contributed by atoms with van der Waals surface area (Å²) in [4.78, 5) is 2.75. The summed E-state index contributed by atoms with van der Waals surface area (Å²) in [5.41, 5.74) is 0. The third-order valence-electron chi connectivity index (χ3n) is 4.46. The van der Waals surface area contributed by atoms with E-state index in [-0.39, 0.29) is 0 Å². The van der Waals surface area contributed by atoms with Crippen molar-refractivity contribution in [3.8, 4) is 0 Å². The monoisotopic (exact) mass is 225 g/mol. The van der Waals surface area contributed by atoms with Gasteiger partial charge in [-0.25, -0.2) is 0 Å². The first-order valence-corrected chi connectivity index (χ1v) is 7.26. The van der Waals surface area contributed by atoms with Crippen molar-refractivity contribution in [3.05, 3.63) is 0 Å². The molecule has 2 rings (SSSR count). The molecular weight excluding hydrogens is 198 g/mol. The second-order valence-electron chi connectivity index (χ2n) is 5.57. The van der Waals surface area contributed by atoms with Crippen LogP contribution in [0.4, 0.5) is 0 Å². The highest BCUT2D eigenvalue weighted by molar-refractivity contribution is 4.87. The minimum Gasteiger partial charge on any atom is -0.396 e. The van der Waals surface area contributed by atoms with Crippen LogP contribution in [0.15, 0.2) is 0 Å². The maximum absolute atomic E-state index is 8.78. The normalized spacial score (nSPS) is 31.3. The van der Waals surface area contributed by atoms with E-state index in [0.717, 1.165) is 18.4 Å². The predicted molar refractivity (Wildman–Crippen MR) is 67.5 cm³/mol. The molecule has 1 N–H and O–H groups in total. The fourth-order valence-corrected chi connectivity index (χ4v) is 3.61. The number of piperidine rings is 1. The molecule has 16 heavy (non-hydrogen) atoms. The third-order valence-corrected chi connectivity index (χ3v) is 4.46. The van der Waals surface area contributed by atoms with Crippen molar-refractivity contribution >= 4 is 0 Å². The van der Waals surface area contributed by atoms with Gasteiger partial charge in [0, 0.05) is 12.6 Å². The molecule has 1 aliphatic carbocycles. The molecule has 0 radical (unpaired) electrons. The molecule has 94 valence electrons. The Hall–Kier alpha value is -0.0800. The van der Waals surface area contributed by atoms with Crippen LogP contribution in [0, 0.1) is 5.92 Å². The van der Waals surface area contributed by atoms with Crippen LogP contribution in [0.2, 0.25) is 0 Å². The number of unbranched alkanes of at least 4 members (excludes halogenated alkanes) is 2. The molecule has 0 aromatic carbocycles. The van der Waals surface area contributed by atoms with Crippen molar-refractivity contribution < 1.29 is 5.11 Å². The molecule has 2 unspecified atom stereocenters. The first kappa shape index (κ1) is 12.4. The van der Waals surface area contributed by atoms with E-state index in [9.17, 15) is 0 Å². The Morgan fingerprint density at radius 1 is 0.938 bits per heavy atom. The number of nitrogens with zero attached hydrogens (tertiary/aromatic N) is 1. The Balaban J connectivity index is 1.74. The van der Waals surface area contributed by atoms with Crippen molar-refractivity contribution in [2.75, 3.05) is 19.7 Å². The first-order valence-electron chi connectivity index (χ1n) is 7.26. The van der Waals surface area contributed by atoms with Crippen molar-refractivity contribution in [1.29, 1.82) is 0 Å². The molecule has 0 bridgehead atoms. The fraction of sp³-hybridized carbons (Fsp3) is 1.00. The molecule has 2 fully saturated rings. The lowest BCUT2D eigenvalue weighted by Gasteiger charge is -2.44. The standard InChI is InChI=1S/C14H27NO/c16-12-5-1-4-10-15-11-6-8-13-7-2-3-9-14(13)15/h13-14,16H,1-12H2. The summed E-state index contributed by atoms with van der Waals surface area (Å²) in [7, 11) is 0. The van der Waals surface area contributed by atoms with E-state index in [4.69, 9.17) is 5.11 Å². The highest BCUT2D eigenvalue weighted by Crippen LogP contribution is 2.35. The summed E-state index contributed by atoms with van der Waals surface area (Å²) in [6.45, 7) is 2.98. The van der Waals surface area contributed by atoms with Gasteiger partial charge in [0.25, 0.3) is 0 Å².